The van der Waals surface area contributed by atoms with Gasteiger partial charge in [0.1, 0.15) is 5.60 Å². The zero-order chi connectivity index (χ0) is 24.9. The number of ether oxygens (including phenoxy) is 2. The van der Waals surface area contributed by atoms with Gasteiger partial charge in [-0.15, -0.1) is 0 Å². The molecule has 1 aromatic rings. The number of carbonyl (C=O) groups is 4. The average molecular weight is 477 g/mol. The molecule has 0 aliphatic carbocycles. The molecule has 2 fully saturated rings. The van der Waals surface area contributed by atoms with E-state index in [1.165, 1.54) is 4.90 Å². The quantitative estimate of drug-likeness (QED) is 0.608. The Hall–Kier alpha value is -3.34. The highest BCUT2D eigenvalue weighted by molar-refractivity contribution is 5.95. The number of hydrogen-bond donors (Lipinski definition) is 2. The maximum atomic E-state index is 12.9. The maximum Gasteiger partial charge on any atom is 0.415 e. The molecule has 2 heterocycles. The van der Waals surface area contributed by atoms with Gasteiger partial charge in [-0.25, -0.2) is 9.59 Å². The molecule has 1 aromatic carbocycles. The predicted octanol–water partition coefficient (Wildman–Crippen LogP) is 1.66. The fourth-order valence-corrected chi connectivity index (χ4v) is 3.73. The number of rotatable bonds is 7. The van der Waals surface area contributed by atoms with Gasteiger partial charge in [0, 0.05) is 45.0 Å². The van der Waals surface area contributed by atoms with Gasteiger partial charge >= 0.3 is 18.2 Å². The second-order valence-electron chi connectivity index (χ2n) is 9.32. The van der Waals surface area contributed by atoms with Crippen molar-refractivity contribution in [2.75, 3.05) is 44.2 Å². The molecule has 186 valence electrons. The van der Waals surface area contributed by atoms with Crippen molar-refractivity contribution >= 4 is 29.8 Å². The lowest BCUT2D eigenvalue weighted by atomic mass is 10.2. The first kappa shape index (κ1) is 25.3. The molecular formula is C23H32N4O7. The van der Waals surface area contributed by atoms with E-state index in [0.717, 1.165) is 5.56 Å². The second-order valence-corrected chi connectivity index (χ2v) is 9.32. The molecule has 2 N–H and O–H groups in total. The number of amides is 3. The number of nitrogens with one attached hydrogen (secondary N) is 1. The molecule has 1 atom stereocenters. The van der Waals surface area contributed by atoms with E-state index in [4.69, 9.17) is 14.6 Å². The molecule has 0 spiro atoms. The van der Waals surface area contributed by atoms with Crippen LogP contribution in [0.1, 0.15) is 32.8 Å². The van der Waals surface area contributed by atoms with Crippen molar-refractivity contribution in [1.82, 2.24) is 15.1 Å². The Labute approximate surface area is 198 Å². The normalized spacial score (nSPS) is 19.0. The fraction of sp³-hybridized carbons (Fsp3) is 0.565. The zero-order valence-corrected chi connectivity index (χ0v) is 19.8. The van der Waals surface area contributed by atoms with E-state index in [2.05, 4.69) is 5.32 Å². The van der Waals surface area contributed by atoms with Crippen molar-refractivity contribution < 1.29 is 33.8 Å². The molecular weight excluding hydrogens is 444 g/mol. The molecule has 3 rings (SSSR count). The van der Waals surface area contributed by atoms with Crippen molar-refractivity contribution in [3.63, 3.8) is 0 Å². The van der Waals surface area contributed by atoms with Crippen molar-refractivity contribution in [3.8, 4) is 0 Å². The first-order valence-electron chi connectivity index (χ1n) is 11.3. The number of carboxylic acid groups (broad SMARTS) is 1. The zero-order valence-electron chi connectivity index (χ0n) is 19.8. The van der Waals surface area contributed by atoms with Gasteiger partial charge in [0.25, 0.3) is 5.91 Å². The molecule has 34 heavy (non-hydrogen) atoms. The third kappa shape index (κ3) is 7.08. The van der Waals surface area contributed by atoms with Crippen LogP contribution in [-0.2, 0) is 25.6 Å². The lowest BCUT2D eigenvalue weighted by Gasteiger charge is -2.35. The SMILES string of the molecule is CC(C)(C)OC(=O)NCc1ccc(N2CC(C(=O)N3CCN(CCC(=O)O)CC3)OC2=O)cc1. The fourth-order valence-electron chi connectivity index (χ4n) is 3.73. The highest BCUT2D eigenvalue weighted by Crippen LogP contribution is 2.23. The van der Waals surface area contributed by atoms with E-state index >= 15 is 0 Å². The van der Waals surface area contributed by atoms with Gasteiger partial charge < -0.3 is 24.8 Å². The summed E-state index contributed by atoms with van der Waals surface area (Å²) in [6.45, 7) is 8.31. The monoisotopic (exact) mass is 476 g/mol. The van der Waals surface area contributed by atoms with Crippen LogP contribution < -0.4 is 10.2 Å². The lowest BCUT2D eigenvalue weighted by molar-refractivity contribution is -0.141. The Morgan fingerprint density at radius 3 is 2.35 bits per heavy atom. The number of aliphatic carboxylic acids is 1. The number of anilines is 1. The van der Waals surface area contributed by atoms with Crippen LogP contribution in [0.4, 0.5) is 15.3 Å². The number of nitrogens with zero attached hydrogens (tertiary/aromatic N) is 3. The molecule has 0 saturated carbocycles. The first-order valence-corrected chi connectivity index (χ1v) is 11.3. The van der Waals surface area contributed by atoms with Crippen molar-refractivity contribution in [2.45, 2.75) is 45.4 Å². The largest absolute Gasteiger partial charge is 0.481 e. The van der Waals surface area contributed by atoms with E-state index in [0.29, 0.717) is 38.4 Å². The average Bonchev–Trinajstić information content (AvgIpc) is 3.17. The Bertz CT molecular complexity index is 905. The molecule has 11 nitrogen and oxygen atoms in total. The number of piperazine rings is 1. The number of benzene rings is 1. The lowest BCUT2D eigenvalue weighted by Crippen LogP contribution is -2.52. The Balaban J connectivity index is 1.49. The first-order chi connectivity index (χ1) is 16.0. The molecule has 0 aromatic heterocycles. The summed E-state index contributed by atoms with van der Waals surface area (Å²) >= 11 is 0. The summed E-state index contributed by atoms with van der Waals surface area (Å²) < 4.78 is 10.5. The molecule has 11 heteroatoms. The minimum absolute atomic E-state index is 0.0685. The van der Waals surface area contributed by atoms with Crippen LogP contribution >= 0.6 is 0 Å². The van der Waals surface area contributed by atoms with E-state index in [1.807, 2.05) is 4.90 Å². The van der Waals surface area contributed by atoms with Crippen LogP contribution in [0.5, 0.6) is 0 Å². The number of carboxylic acids is 1. The Morgan fingerprint density at radius 1 is 1.12 bits per heavy atom. The third-order valence-electron chi connectivity index (χ3n) is 5.50. The van der Waals surface area contributed by atoms with E-state index in [-0.39, 0.29) is 25.4 Å². The van der Waals surface area contributed by atoms with Gasteiger partial charge in [0.05, 0.1) is 13.0 Å². The highest BCUT2D eigenvalue weighted by Gasteiger charge is 2.39. The van der Waals surface area contributed by atoms with Gasteiger partial charge in [-0.3, -0.25) is 19.4 Å². The Morgan fingerprint density at radius 2 is 1.76 bits per heavy atom. The van der Waals surface area contributed by atoms with E-state index < -0.39 is 29.9 Å². The minimum atomic E-state index is -0.883. The molecule has 2 aliphatic heterocycles. The molecule has 0 radical (unpaired) electrons. The number of carbonyl (C=O) groups excluding carboxylic acids is 3. The van der Waals surface area contributed by atoms with Gasteiger partial charge in [-0.2, -0.15) is 0 Å². The molecule has 0 bridgehead atoms. The third-order valence-corrected chi connectivity index (χ3v) is 5.50. The second kappa shape index (κ2) is 10.7. The molecule has 3 amide bonds. The summed E-state index contributed by atoms with van der Waals surface area (Å²) in [6.07, 6.45) is -1.91. The van der Waals surface area contributed by atoms with Crippen molar-refractivity contribution in [1.29, 1.82) is 0 Å². The van der Waals surface area contributed by atoms with Gasteiger partial charge in [-0.05, 0) is 38.5 Å². The van der Waals surface area contributed by atoms with Crippen molar-refractivity contribution in [3.05, 3.63) is 29.8 Å². The maximum absolute atomic E-state index is 12.9. The van der Waals surface area contributed by atoms with Crippen LogP contribution in [-0.4, -0.2) is 89.9 Å². The van der Waals surface area contributed by atoms with Gasteiger partial charge in [-0.1, -0.05) is 12.1 Å². The van der Waals surface area contributed by atoms with E-state index in [9.17, 15) is 19.2 Å². The topological polar surface area (TPSA) is 129 Å². The summed E-state index contributed by atoms with van der Waals surface area (Å²) in [6, 6.07) is 7.04. The Kier molecular flexibility index (Phi) is 7.98. The summed E-state index contributed by atoms with van der Waals surface area (Å²) in [5, 5.41) is 11.5. The van der Waals surface area contributed by atoms with Crippen LogP contribution in [0.3, 0.4) is 0 Å². The van der Waals surface area contributed by atoms with Crippen LogP contribution in [0.15, 0.2) is 24.3 Å². The van der Waals surface area contributed by atoms with Crippen molar-refractivity contribution in [2.24, 2.45) is 0 Å². The molecule has 2 saturated heterocycles. The van der Waals surface area contributed by atoms with Gasteiger partial charge in [0.15, 0.2) is 6.10 Å². The summed E-state index contributed by atoms with van der Waals surface area (Å²) in [7, 11) is 0. The smallest absolute Gasteiger partial charge is 0.415 e. The van der Waals surface area contributed by atoms with Crippen LogP contribution in [0, 0.1) is 0 Å². The van der Waals surface area contributed by atoms with E-state index in [1.54, 1.807) is 49.9 Å². The van der Waals surface area contributed by atoms with Crippen LogP contribution in [0.25, 0.3) is 0 Å². The number of cyclic esters (lactones) is 1. The molecule has 2 aliphatic rings. The number of hydrogen-bond acceptors (Lipinski definition) is 7. The predicted molar refractivity (Wildman–Crippen MR) is 122 cm³/mol. The minimum Gasteiger partial charge on any atom is -0.481 e. The highest BCUT2D eigenvalue weighted by atomic mass is 16.6. The standard InChI is InChI=1S/C23H32N4O7/c1-23(2,3)34-21(31)24-14-16-4-6-17(7-5-16)27-15-18(33-22(27)32)20(30)26-12-10-25(11-13-26)9-8-19(28)29/h4-7,18H,8-15H2,1-3H3,(H,24,31)(H,28,29). The molecule has 1 unspecified atom stereocenters. The summed E-state index contributed by atoms with van der Waals surface area (Å²) in [4.78, 5) is 52.8. The number of alkyl carbamates (subject to hydrolysis) is 1. The van der Waals surface area contributed by atoms with Crippen LogP contribution in [0.2, 0.25) is 0 Å². The van der Waals surface area contributed by atoms with Gasteiger partial charge in [0.2, 0.25) is 0 Å². The summed E-state index contributed by atoms with van der Waals surface area (Å²) in [5.41, 5.74) is 0.849. The summed E-state index contributed by atoms with van der Waals surface area (Å²) in [5.74, 6) is -1.09.